The maximum Gasteiger partial charge on any atom is 0.349 e. The van der Waals surface area contributed by atoms with Crippen LogP contribution in [0.5, 0.6) is 0 Å². The molecule has 0 amide bonds. The molecular weight excluding hydrogens is 186 g/mol. The first-order valence-electron chi connectivity index (χ1n) is 4.48. The summed E-state index contributed by atoms with van der Waals surface area (Å²) >= 11 is 0. The molecule has 0 saturated carbocycles. The Kier molecular flexibility index (Phi) is 7.45. The molecule has 0 aromatic carbocycles. The van der Waals surface area contributed by atoms with Crippen molar-refractivity contribution in [3.63, 3.8) is 0 Å². The van der Waals surface area contributed by atoms with Gasteiger partial charge in [0.15, 0.2) is 0 Å². The standard InChI is InChI=1S/C9H15NO4/c1-2-3-7-10-14-9(13)6-4-5-8(11)12/h4,6,10H,2-3,5,7H2,1H3,(H,11,12). The summed E-state index contributed by atoms with van der Waals surface area (Å²) in [6.45, 7) is 2.63. The molecule has 0 rings (SSSR count). The Morgan fingerprint density at radius 2 is 2.21 bits per heavy atom. The van der Waals surface area contributed by atoms with Crippen LogP contribution in [0.1, 0.15) is 26.2 Å². The van der Waals surface area contributed by atoms with Crippen LogP contribution in [0.2, 0.25) is 0 Å². The number of carbonyl (C=O) groups is 2. The van der Waals surface area contributed by atoms with Crippen LogP contribution in [0.25, 0.3) is 0 Å². The zero-order valence-electron chi connectivity index (χ0n) is 8.16. The molecule has 0 aromatic rings. The summed E-state index contributed by atoms with van der Waals surface area (Å²) in [6, 6.07) is 0. The summed E-state index contributed by atoms with van der Waals surface area (Å²) in [6.07, 6.45) is 4.09. The summed E-state index contributed by atoms with van der Waals surface area (Å²) in [5, 5.41) is 8.25. The number of aliphatic carboxylic acids is 1. The van der Waals surface area contributed by atoms with Gasteiger partial charge in [0, 0.05) is 12.6 Å². The molecule has 0 atom stereocenters. The number of rotatable bonds is 7. The summed E-state index contributed by atoms with van der Waals surface area (Å²) < 4.78 is 0. The highest BCUT2D eigenvalue weighted by Gasteiger charge is 1.96. The monoisotopic (exact) mass is 201 g/mol. The number of nitrogens with one attached hydrogen (secondary N) is 1. The van der Waals surface area contributed by atoms with Crippen LogP contribution in [-0.2, 0) is 14.4 Å². The molecule has 0 aromatic heterocycles. The van der Waals surface area contributed by atoms with Gasteiger partial charge in [-0.15, -0.1) is 0 Å². The third kappa shape index (κ3) is 8.73. The topological polar surface area (TPSA) is 75.6 Å². The van der Waals surface area contributed by atoms with E-state index in [1.54, 1.807) is 0 Å². The lowest BCUT2D eigenvalue weighted by Gasteiger charge is -2.00. The second kappa shape index (κ2) is 8.25. The molecule has 0 bridgehead atoms. The van der Waals surface area contributed by atoms with Crippen LogP contribution >= 0.6 is 0 Å². The van der Waals surface area contributed by atoms with Crippen molar-refractivity contribution in [3.05, 3.63) is 12.2 Å². The molecule has 0 fully saturated rings. The van der Waals surface area contributed by atoms with E-state index in [0.717, 1.165) is 18.9 Å². The van der Waals surface area contributed by atoms with Gasteiger partial charge in [-0.05, 0) is 6.42 Å². The largest absolute Gasteiger partial charge is 0.481 e. The average molecular weight is 201 g/mol. The van der Waals surface area contributed by atoms with Crippen molar-refractivity contribution in [2.75, 3.05) is 6.54 Å². The third-order valence-corrected chi connectivity index (χ3v) is 1.35. The molecule has 0 radical (unpaired) electrons. The predicted octanol–water partition coefficient (Wildman–Crippen LogP) is 0.865. The van der Waals surface area contributed by atoms with Crippen LogP contribution in [0.15, 0.2) is 12.2 Å². The third-order valence-electron chi connectivity index (χ3n) is 1.35. The van der Waals surface area contributed by atoms with Gasteiger partial charge >= 0.3 is 11.9 Å². The first-order chi connectivity index (χ1) is 6.66. The lowest BCUT2D eigenvalue weighted by molar-refractivity contribution is -0.144. The lowest BCUT2D eigenvalue weighted by atomic mass is 10.3. The van der Waals surface area contributed by atoms with Gasteiger partial charge in [-0.25, -0.2) is 4.79 Å². The van der Waals surface area contributed by atoms with Gasteiger partial charge < -0.3 is 9.94 Å². The van der Waals surface area contributed by atoms with E-state index in [-0.39, 0.29) is 6.42 Å². The highest BCUT2D eigenvalue weighted by molar-refractivity contribution is 5.82. The molecule has 0 aliphatic heterocycles. The van der Waals surface area contributed by atoms with Crippen molar-refractivity contribution < 1.29 is 19.5 Å². The number of carboxylic acid groups (broad SMARTS) is 1. The van der Waals surface area contributed by atoms with E-state index in [2.05, 4.69) is 10.3 Å². The van der Waals surface area contributed by atoms with Crippen LogP contribution in [0.4, 0.5) is 0 Å². The van der Waals surface area contributed by atoms with Crippen molar-refractivity contribution in [1.29, 1.82) is 0 Å². The second-order valence-corrected chi connectivity index (χ2v) is 2.67. The average Bonchev–Trinajstić information content (AvgIpc) is 2.12. The number of hydroxylamine groups is 1. The van der Waals surface area contributed by atoms with E-state index in [4.69, 9.17) is 5.11 Å². The second-order valence-electron chi connectivity index (χ2n) is 2.67. The molecule has 0 heterocycles. The van der Waals surface area contributed by atoms with Crippen molar-refractivity contribution in [3.8, 4) is 0 Å². The molecule has 5 nitrogen and oxygen atoms in total. The van der Waals surface area contributed by atoms with Crippen LogP contribution < -0.4 is 5.48 Å². The summed E-state index contributed by atoms with van der Waals surface area (Å²) in [5.41, 5.74) is 2.48. The summed E-state index contributed by atoms with van der Waals surface area (Å²) in [4.78, 5) is 25.4. The van der Waals surface area contributed by atoms with Gasteiger partial charge in [0.05, 0.1) is 6.42 Å². The molecule has 0 spiro atoms. The smallest absolute Gasteiger partial charge is 0.349 e. The van der Waals surface area contributed by atoms with Crippen LogP contribution in [-0.4, -0.2) is 23.6 Å². The van der Waals surface area contributed by atoms with E-state index in [9.17, 15) is 9.59 Å². The van der Waals surface area contributed by atoms with Gasteiger partial charge in [-0.2, -0.15) is 5.48 Å². The van der Waals surface area contributed by atoms with E-state index in [0.29, 0.717) is 6.54 Å². The maximum atomic E-state index is 10.8. The summed E-state index contributed by atoms with van der Waals surface area (Å²) in [7, 11) is 0. The number of hydrogen-bond donors (Lipinski definition) is 2. The number of carboxylic acids is 1. The SMILES string of the molecule is CCCCNOC(=O)C=CCC(=O)O. The minimum Gasteiger partial charge on any atom is -0.481 e. The molecule has 0 aliphatic carbocycles. The maximum absolute atomic E-state index is 10.8. The molecule has 5 heteroatoms. The Balaban J connectivity index is 3.45. The Labute approximate surface area is 82.7 Å². The fourth-order valence-corrected chi connectivity index (χ4v) is 0.661. The molecule has 0 saturated heterocycles. The zero-order chi connectivity index (χ0) is 10.8. The van der Waals surface area contributed by atoms with Crippen molar-refractivity contribution in [1.82, 2.24) is 5.48 Å². The van der Waals surface area contributed by atoms with E-state index in [1.165, 1.54) is 6.08 Å². The van der Waals surface area contributed by atoms with Crippen LogP contribution in [0, 0.1) is 0 Å². The molecule has 14 heavy (non-hydrogen) atoms. The normalized spacial score (nSPS) is 10.4. The number of carbonyl (C=O) groups excluding carboxylic acids is 1. The number of hydrogen-bond acceptors (Lipinski definition) is 4. The van der Waals surface area contributed by atoms with Gasteiger partial charge in [0.25, 0.3) is 0 Å². The Morgan fingerprint density at radius 3 is 2.79 bits per heavy atom. The first kappa shape index (κ1) is 12.6. The van der Waals surface area contributed by atoms with Gasteiger partial charge in [-0.1, -0.05) is 19.4 Å². The highest BCUT2D eigenvalue weighted by Crippen LogP contribution is 1.86. The van der Waals surface area contributed by atoms with Gasteiger partial charge in [-0.3, -0.25) is 4.79 Å². The molecule has 0 aliphatic rings. The number of unbranched alkanes of at least 4 members (excludes halogenated alkanes) is 1. The van der Waals surface area contributed by atoms with Crippen molar-refractivity contribution in [2.24, 2.45) is 0 Å². The Hall–Kier alpha value is -1.36. The fourth-order valence-electron chi connectivity index (χ4n) is 0.661. The quantitative estimate of drug-likeness (QED) is 0.363. The Bertz CT molecular complexity index is 213. The minimum atomic E-state index is -0.979. The summed E-state index contributed by atoms with van der Waals surface area (Å²) in [5.74, 6) is -1.56. The van der Waals surface area contributed by atoms with E-state index >= 15 is 0 Å². The zero-order valence-corrected chi connectivity index (χ0v) is 8.16. The van der Waals surface area contributed by atoms with E-state index < -0.39 is 11.9 Å². The fraction of sp³-hybridized carbons (Fsp3) is 0.556. The first-order valence-corrected chi connectivity index (χ1v) is 4.48. The minimum absolute atomic E-state index is 0.177. The predicted molar refractivity (Wildman–Crippen MR) is 50.4 cm³/mol. The van der Waals surface area contributed by atoms with Gasteiger partial charge in [0.2, 0.25) is 0 Å². The van der Waals surface area contributed by atoms with Gasteiger partial charge in [0.1, 0.15) is 0 Å². The lowest BCUT2D eigenvalue weighted by Crippen LogP contribution is -2.19. The molecule has 80 valence electrons. The molecular formula is C9H15NO4. The molecule has 2 N–H and O–H groups in total. The van der Waals surface area contributed by atoms with Crippen LogP contribution in [0.3, 0.4) is 0 Å². The van der Waals surface area contributed by atoms with Crippen molar-refractivity contribution >= 4 is 11.9 Å². The van der Waals surface area contributed by atoms with Crippen molar-refractivity contribution in [2.45, 2.75) is 26.2 Å². The van der Waals surface area contributed by atoms with E-state index in [1.807, 2.05) is 6.92 Å². The highest BCUT2D eigenvalue weighted by atomic mass is 16.7. The Morgan fingerprint density at radius 1 is 1.50 bits per heavy atom. The molecule has 0 unspecified atom stereocenters.